The second-order valence-corrected chi connectivity index (χ2v) is 4.01. The predicted octanol–water partition coefficient (Wildman–Crippen LogP) is -0.409. The number of nitrogens with zero attached hydrogens (tertiary/aromatic N) is 7. The Morgan fingerprint density at radius 1 is 1.10 bits per heavy atom. The zero-order valence-electron chi connectivity index (χ0n) is 10.8. The molecule has 3 rings (SSSR count). The third-order valence-corrected chi connectivity index (χ3v) is 2.52. The zero-order chi connectivity index (χ0) is 14.7. The summed E-state index contributed by atoms with van der Waals surface area (Å²) >= 11 is 0. The Morgan fingerprint density at radius 2 is 1.90 bits per heavy atom. The largest absolute Gasteiger partial charge is 0.486 e. The summed E-state index contributed by atoms with van der Waals surface area (Å²) in [4.78, 5) is 11.6. The first kappa shape index (κ1) is 12.7. The highest BCUT2D eigenvalue weighted by Gasteiger charge is 2.04. The SMILES string of the molecule is Nc1nc(N)nc(COc2cccc(-n3cnnn3)c2)n1. The van der Waals surface area contributed by atoms with Gasteiger partial charge in [-0.25, -0.2) is 4.68 Å². The van der Waals surface area contributed by atoms with Crippen LogP contribution in [-0.4, -0.2) is 35.2 Å². The molecule has 106 valence electrons. The fraction of sp³-hybridized carbons (Fsp3) is 0.0909. The lowest BCUT2D eigenvalue weighted by atomic mass is 10.3. The number of benzene rings is 1. The van der Waals surface area contributed by atoms with Crippen molar-refractivity contribution in [3.05, 3.63) is 36.4 Å². The molecule has 2 heterocycles. The van der Waals surface area contributed by atoms with Gasteiger partial charge in [-0.05, 0) is 22.6 Å². The molecule has 0 amide bonds. The van der Waals surface area contributed by atoms with Crippen molar-refractivity contribution in [1.29, 1.82) is 0 Å². The third kappa shape index (κ3) is 3.00. The summed E-state index contributed by atoms with van der Waals surface area (Å²) in [5.41, 5.74) is 11.8. The summed E-state index contributed by atoms with van der Waals surface area (Å²) in [6.45, 7) is 0.121. The predicted molar refractivity (Wildman–Crippen MR) is 72.1 cm³/mol. The molecule has 0 spiro atoms. The molecule has 4 N–H and O–H groups in total. The number of rotatable bonds is 4. The van der Waals surface area contributed by atoms with E-state index in [9.17, 15) is 0 Å². The monoisotopic (exact) mass is 285 g/mol. The first-order valence-corrected chi connectivity index (χ1v) is 5.93. The average molecular weight is 285 g/mol. The molecule has 1 aromatic carbocycles. The van der Waals surface area contributed by atoms with Crippen LogP contribution in [0.15, 0.2) is 30.6 Å². The number of ether oxygens (including phenoxy) is 1. The normalized spacial score (nSPS) is 10.5. The Kier molecular flexibility index (Phi) is 3.25. The molecule has 0 atom stereocenters. The van der Waals surface area contributed by atoms with E-state index in [4.69, 9.17) is 16.2 Å². The smallest absolute Gasteiger partial charge is 0.225 e. The van der Waals surface area contributed by atoms with Gasteiger partial charge < -0.3 is 16.2 Å². The molecule has 3 aromatic rings. The van der Waals surface area contributed by atoms with E-state index in [2.05, 4.69) is 30.5 Å². The van der Waals surface area contributed by atoms with Gasteiger partial charge in [-0.3, -0.25) is 0 Å². The Labute approximate surface area is 118 Å². The van der Waals surface area contributed by atoms with Gasteiger partial charge in [0, 0.05) is 6.07 Å². The second kappa shape index (κ2) is 5.36. The topological polar surface area (TPSA) is 144 Å². The van der Waals surface area contributed by atoms with E-state index in [-0.39, 0.29) is 18.5 Å². The van der Waals surface area contributed by atoms with Crippen LogP contribution < -0.4 is 16.2 Å². The number of nitrogens with two attached hydrogens (primary N) is 2. The van der Waals surface area contributed by atoms with Gasteiger partial charge in [0.05, 0.1) is 5.69 Å². The second-order valence-electron chi connectivity index (χ2n) is 4.01. The quantitative estimate of drug-likeness (QED) is 0.653. The van der Waals surface area contributed by atoms with Gasteiger partial charge in [0.25, 0.3) is 0 Å². The van der Waals surface area contributed by atoms with E-state index < -0.39 is 0 Å². The standard InChI is InChI=1S/C11H11N9O/c12-10-15-9(16-11(13)17-10)5-21-8-3-1-2-7(4-8)20-6-14-18-19-20/h1-4,6H,5H2,(H4,12,13,15,16,17). The highest BCUT2D eigenvalue weighted by atomic mass is 16.5. The van der Waals surface area contributed by atoms with Crippen molar-refractivity contribution in [3.8, 4) is 11.4 Å². The Balaban J connectivity index is 1.75. The van der Waals surface area contributed by atoms with Crippen LogP contribution in [0.3, 0.4) is 0 Å². The molecule has 0 aliphatic carbocycles. The zero-order valence-corrected chi connectivity index (χ0v) is 10.8. The van der Waals surface area contributed by atoms with Crippen molar-refractivity contribution < 1.29 is 4.74 Å². The van der Waals surface area contributed by atoms with Crippen LogP contribution in [0.25, 0.3) is 5.69 Å². The van der Waals surface area contributed by atoms with E-state index in [1.54, 1.807) is 12.1 Å². The molecular formula is C11H11N9O. The van der Waals surface area contributed by atoms with Crippen LogP contribution in [-0.2, 0) is 6.61 Å². The number of tetrazole rings is 1. The molecule has 0 saturated heterocycles. The first-order chi connectivity index (χ1) is 10.2. The maximum Gasteiger partial charge on any atom is 0.225 e. The van der Waals surface area contributed by atoms with Crippen molar-refractivity contribution >= 4 is 11.9 Å². The van der Waals surface area contributed by atoms with Gasteiger partial charge in [-0.15, -0.1) is 5.10 Å². The molecule has 0 aliphatic rings. The number of anilines is 2. The lowest BCUT2D eigenvalue weighted by Crippen LogP contribution is -2.09. The number of hydrogen-bond donors (Lipinski definition) is 2. The molecular weight excluding hydrogens is 274 g/mol. The van der Waals surface area contributed by atoms with Crippen molar-refractivity contribution in [2.75, 3.05) is 11.5 Å². The third-order valence-electron chi connectivity index (χ3n) is 2.52. The minimum Gasteiger partial charge on any atom is -0.486 e. The summed E-state index contributed by atoms with van der Waals surface area (Å²) in [6.07, 6.45) is 1.49. The fourth-order valence-electron chi connectivity index (χ4n) is 1.66. The molecule has 0 fully saturated rings. The van der Waals surface area contributed by atoms with E-state index in [1.807, 2.05) is 12.1 Å². The van der Waals surface area contributed by atoms with Crippen LogP contribution in [0.2, 0.25) is 0 Å². The molecule has 0 radical (unpaired) electrons. The van der Waals surface area contributed by atoms with Crippen LogP contribution in [0, 0.1) is 0 Å². The Hall–Kier alpha value is -3.30. The lowest BCUT2D eigenvalue weighted by molar-refractivity contribution is 0.295. The van der Waals surface area contributed by atoms with Gasteiger partial charge in [-0.1, -0.05) is 6.07 Å². The molecule has 0 unspecified atom stereocenters. The van der Waals surface area contributed by atoms with E-state index in [1.165, 1.54) is 11.0 Å². The van der Waals surface area contributed by atoms with E-state index in [0.29, 0.717) is 11.6 Å². The summed E-state index contributed by atoms with van der Waals surface area (Å²) in [6, 6.07) is 7.25. The number of hydrogen-bond acceptors (Lipinski definition) is 9. The molecule has 2 aromatic heterocycles. The van der Waals surface area contributed by atoms with Crippen LogP contribution in [0.5, 0.6) is 5.75 Å². The summed E-state index contributed by atoms with van der Waals surface area (Å²) < 4.78 is 7.11. The first-order valence-electron chi connectivity index (χ1n) is 5.93. The molecule has 0 bridgehead atoms. The van der Waals surface area contributed by atoms with Crippen LogP contribution in [0.4, 0.5) is 11.9 Å². The van der Waals surface area contributed by atoms with Gasteiger partial charge in [-0.2, -0.15) is 15.0 Å². The number of aromatic nitrogens is 7. The molecule has 10 heteroatoms. The molecule has 10 nitrogen and oxygen atoms in total. The van der Waals surface area contributed by atoms with Gasteiger partial charge in [0.2, 0.25) is 11.9 Å². The summed E-state index contributed by atoms with van der Waals surface area (Å²) in [5.74, 6) is 1.08. The van der Waals surface area contributed by atoms with Crippen LogP contribution >= 0.6 is 0 Å². The molecule has 0 saturated carbocycles. The minimum absolute atomic E-state index is 0.0588. The summed E-state index contributed by atoms with van der Waals surface area (Å²) in [5, 5.41) is 11.0. The van der Waals surface area contributed by atoms with Crippen molar-refractivity contribution in [2.45, 2.75) is 6.61 Å². The summed E-state index contributed by atoms with van der Waals surface area (Å²) in [7, 11) is 0. The minimum atomic E-state index is 0.0588. The molecule has 0 aliphatic heterocycles. The highest BCUT2D eigenvalue weighted by molar-refractivity contribution is 5.38. The Morgan fingerprint density at radius 3 is 2.62 bits per heavy atom. The van der Waals surface area contributed by atoms with Gasteiger partial charge >= 0.3 is 0 Å². The van der Waals surface area contributed by atoms with Crippen molar-refractivity contribution in [3.63, 3.8) is 0 Å². The highest BCUT2D eigenvalue weighted by Crippen LogP contribution is 2.16. The average Bonchev–Trinajstić information content (AvgIpc) is 2.99. The Bertz CT molecular complexity index is 723. The fourth-order valence-corrected chi connectivity index (χ4v) is 1.66. The van der Waals surface area contributed by atoms with Crippen molar-refractivity contribution in [2.24, 2.45) is 0 Å². The van der Waals surface area contributed by atoms with Gasteiger partial charge in [0.15, 0.2) is 5.82 Å². The van der Waals surface area contributed by atoms with Crippen LogP contribution in [0.1, 0.15) is 5.82 Å². The maximum atomic E-state index is 5.59. The maximum absolute atomic E-state index is 5.59. The van der Waals surface area contributed by atoms with E-state index in [0.717, 1.165) is 5.69 Å². The lowest BCUT2D eigenvalue weighted by Gasteiger charge is -2.07. The number of nitrogen functional groups attached to an aromatic ring is 2. The van der Waals surface area contributed by atoms with Crippen molar-refractivity contribution in [1.82, 2.24) is 35.2 Å². The van der Waals surface area contributed by atoms with E-state index >= 15 is 0 Å². The van der Waals surface area contributed by atoms with Gasteiger partial charge in [0.1, 0.15) is 18.7 Å². The molecule has 21 heavy (non-hydrogen) atoms.